The summed E-state index contributed by atoms with van der Waals surface area (Å²) in [5.74, 6) is 0.383. The first-order chi connectivity index (χ1) is 8.65. The number of anilines is 1. The molecule has 0 spiro atoms. The zero-order chi connectivity index (χ0) is 13.4. The van der Waals surface area contributed by atoms with Crippen LogP contribution in [0.4, 0.5) is 5.69 Å². The molecule has 1 atom stereocenters. The summed E-state index contributed by atoms with van der Waals surface area (Å²) in [6, 6.07) is 7.41. The van der Waals surface area contributed by atoms with Gasteiger partial charge in [0.25, 0.3) is 0 Å². The highest BCUT2D eigenvalue weighted by Crippen LogP contribution is 2.15. The van der Waals surface area contributed by atoms with Crippen molar-refractivity contribution in [2.45, 2.75) is 19.4 Å². The van der Waals surface area contributed by atoms with Gasteiger partial charge in [-0.2, -0.15) is 0 Å². The Bertz CT molecular complexity index is 364. The van der Waals surface area contributed by atoms with Gasteiger partial charge in [-0.3, -0.25) is 4.79 Å². The monoisotopic (exact) mass is 253 g/mol. The number of esters is 1. The van der Waals surface area contributed by atoms with E-state index in [1.54, 1.807) is 0 Å². The maximum Gasteiger partial charge on any atom is 0.308 e. The van der Waals surface area contributed by atoms with Crippen LogP contribution in [-0.4, -0.2) is 37.4 Å². The summed E-state index contributed by atoms with van der Waals surface area (Å²) in [5.41, 5.74) is 0.863. The SMILES string of the molecule is CCOc1ccc(NCC(O)CC(=O)OC)cc1. The summed E-state index contributed by atoms with van der Waals surface area (Å²) in [4.78, 5) is 10.9. The van der Waals surface area contributed by atoms with E-state index >= 15 is 0 Å². The van der Waals surface area contributed by atoms with E-state index in [2.05, 4.69) is 10.1 Å². The number of hydrogen-bond acceptors (Lipinski definition) is 5. The predicted molar refractivity (Wildman–Crippen MR) is 68.7 cm³/mol. The van der Waals surface area contributed by atoms with Crippen LogP contribution in [0.25, 0.3) is 0 Å². The highest BCUT2D eigenvalue weighted by atomic mass is 16.5. The Kier molecular flexibility index (Phi) is 6.00. The molecule has 0 saturated heterocycles. The summed E-state index contributed by atoms with van der Waals surface area (Å²) in [6.45, 7) is 2.85. The van der Waals surface area contributed by atoms with Crippen LogP contribution in [0.5, 0.6) is 5.75 Å². The molecule has 0 aliphatic heterocycles. The van der Waals surface area contributed by atoms with Crippen molar-refractivity contribution in [3.8, 4) is 5.75 Å². The molecule has 1 unspecified atom stereocenters. The third kappa shape index (κ3) is 5.05. The van der Waals surface area contributed by atoms with Gasteiger partial charge in [0.1, 0.15) is 5.75 Å². The Labute approximate surface area is 107 Å². The second kappa shape index (κ2) is 7.55. The van der Waals surface area contributed by atoms with E-state index < -0.39 is 12.1 Å². The second-order valence-electron chi connectivity index (χ2n) is 3.77. The lowest BCUT2D eigenvalue weighted by Gasteiger charge is -2.12. The highest BCUT2D eigenvalue weighted by molar-refractivity contribution is 5.69. The largest absolute Gasteiger partial charge is 0.494 e. The minimum atomic E-state index is -0.760. The topological polar surface area (TPSA) is 67.8 Å². The quantitative estimate of drug-likeness (QED) is 0.719. The molecule has 0 aromatic heterocycles. The number of ether oxygens (including phenoxy) is 2. The van der Waals surface area contributed by atoms with Gasteiger partial charge in [-0.15, -0.1) is 0 Å². The number of hydrogen-bond donors (Lipinski definition) is 2. The van der Waals surface area contributed by atoms with Crippen molar-refractivity contribution in [1.82, 2.24) is 0 Å². The standard InChI is InChI=1S/C13H19NO4/c1-3-18-12-6-4-10(5-7-12)14-9-11(15)8-13(16)17-2/h4-7,11,14-15H,3,8-9H2,1-2H3. The summed E-state index contributed by atoms with van der Waals surface area (Å²) < 4.78 is 9.79. The molecule has 0 aliphatic carbocycles. The fourth-order valence-electron chi connectivity index (χ4n) is 1.42. The molecule has 0 bridgehead atoms. The van der Waals surface area contributed by atoms with Gasteiger partial charge in [-0.05, 0) is 31.2 Å². The number of carbonyl (C=O) groups is 1. The number of nitrogens with one attached hydrogen (secondary N) is 1. The lowest BCUT2D eigenvalue weighted by Crippen LogP contribution is -2.23. The zero-order valence-electron chi connectivity index (χ0n) is 10.7. The van der Waals surface area contributed by atoms with Gasteiger partial charge in [0.05, 0.1) is 26.2 Å². The average Bonchev–Trinajstić information content (AvgIpc) is 2.38. The highest BCUT2D eigenvalue weighted by Gasteiger charge is 2.10. The predicted octanol–water partition coefficient (Wildman–Crippen LogP) is 1.42. The fourth-order valence-corrected chi connectivity index (χ4v) is 1.42. The first-order valence-electron chi connectivity index (χ1n) is 5.87. The number of aliphatic hydroxyl groups excluding tert-OH is 1. The van der Waals surface area contributed by atoms with E-state index in [1.807, 2.05) is 31.2 Å². The van der Waals surface area contributed by atoms with Gasteiger partial charge in [-0.25, -0.2) is 0 Å². The molecular formula is C13H19NO4. The van der Waals surface area contributed by atoms with Crippen LogP contribution in [0.15, 0.2) is 24.3 Å². The molecule has 2 N–H and O–H groups in total. The minimum Gasteiger partial charge on any atom is -0.494 e. The van der Waals surface area contributed by atoms with Crippen LogP contribution in [0.3, 0.4) is 0 Å². The Balaban J connectivity index is 2.36. The molecule has 1 aromatic carbocycles. The minimum absolute atomic E-state index is 0.0134. The van der Waals surface area contributed by atoms with Crippen LogP contribution in [0.2, 0.25) is 0 Å². The molecule has 18 heavy (non-hydrogen) atoms. The lowest BCUT2D eigenvalue weighted by molar-refractivity contribution is -0.142. The summed E-state index contributed by atoms with van der Waals surface area (Å²) in [5, 5.41) is 12.6. The van der Waals surface area contributed by atoms with Gasteiger partial charge >= 0.3 is 5.97 Å². The average molecular weight is 253 g/mol. The molecule has 1 rings (SSSR count). The summed E-state index contributed by atoms with van der Waals surface area (Å²) >= 11 is 0. The van der Waals surface area contributed by atoms with Gasteiger partial charge in [0.15, 0.2) is 0 Å². The Morgan fingerprint density at radius 3 is 2.61 bits per heavy atom. The van der Waals surface area contributed by atoms with E-state index in [4.69, 9.17) is 4.74 Å². The Morgan fingerprint density at radius 2 is 2.06 bits per heavy atom. The second-order valence-corrected chi connectivity index (χ2v) is 3.77. The molecule has 0 fully saturated rings. The third-order valence-electron chi connectivity index (χ3n) is 2.34. The maximum absolute atomic E-state index is 10.9. The molecular weight excluding hydrogens is 234 g/mol. The van der Waals surface area contributed by atoms with Crippen LogP contribution < -0.4 is 10.1 Å². The van der Waals surface area contributed by atoms with E-state index in [0.717, 1.165) is 11.4 Å². The number of methoxy groups -OCH3 is 1. The fraction of sp³-hybridized carbons (Fsp3) is 0.462. The first-order valence-corrected chi connectivity index (χ1v) is 5.87. The van der Waals surface area contributed by atoms with E-state index in [0.29, 0.717) is 13.2 Å². The van der Waals surface area contributed by atoms with Crippen molar-refractivity contribution >= 4 is 11.7 Å². The third-order valence-corrected chi connectivity index (χ3v) is 2.34. The van der Waals surface area contributed by atoms with Gasteiger partial charge in [0, 0.05) is 12.2 Å². The molecule has 5 heteroatoms. The Morgan fingerprint density at radius 1 is 1.39 bits per heavy atom. The zero-order valence-corrected chi connectivity index (χ0v) is 10.7. The van der Waals surface area contributed by atoms with Crippen LogP contribution in [-0.2, 0) is 9.53 Å². The lowest BCUT2D eigenvalue weighted by atomic mass is 10.2. The molecule has 1 aromatic rings. The molecule has 100 valence electrons. The van der Waals surface area contributed by atoms with Crippen molar-refractivity contribution < 1.29 is 19.4 Å². The number of benzene rings is 1. The smallest absolute Gasteiger partial charge is 0.308 e. The summed E-state index contributed by atoms with van der Waals surface area (Å²) in [6.07, 6.45) is -0.774. The van der Waals surface area contributed by atoms with Crippen molar-refractivity contribution in [3.63, 3.8) is 0 Å². The van der Waals surface area contributed by atoms with Crippen molar-refractivity contribution in [2.24, 2.45) is 0 Å². The van der Waals surface area contributed by atoms with Gasteiger partial charge < -0.3 is 19.9 Å². The van der Waals surface area contributed by atoms with Crippen LogP contribution >= 0.6 is 0 Å². The molecule has 0 amide bonds. The van der Waals surface area contributed by atoms with E-state index in [1.165, 1.54) is 7.11 Å². The first kappa shape index (κ1) is 14.3. The summed E-state index contributed by atoms with van der Waals surface area (Å²) in [7, 11) is 1.30. The van der Waals surface area contributed by atoms with E-state index in [9.17, 15) is 9.90 Å². The molecule has 0 aliphatic rings. The van der Waals surface area contributed by atoms with Crippen LogP contribution in [0.1, 0.15) is 13.3 Å². The number of carbonyl (C=O) groups excluding carboxylic acids is 1. The van der Waals surface area contributed by atoms with Crippen molar-refractivity contribution in [2.75, 3.05) is 25.6 Å². The van der Waals surface area contributed by atoms with Gasteiger partial charge in [-0.1, -0.05) is 0 Å². The number of aliphatic hydroxyl groups is 1. The van der Waals surface area contributed by atoms with Gasteiger partial charge in [0.2, 0.25) is 0 Å². The molecule has 0 heterocycles. The molecule has 5 nitrogen and oxygen atoms in total. The molecule has 0 radical (unpaired) electrons. The van der Waals surface area contributed by atoms with Crippen molar-refractivity contribution in [3.05, 3.63) is 24.3 Å². The Hall–Kier alpha value is -1.75. The van der Waals surface area contributed by atoms with Crippen LogP contribution in [0, 0.1) is 0 Å². The van der Waals surface area contributed by atoms with E-state index in [-0.39, 0.29) is 6.42 Å². The maximum atomic E-state index is 10.9. The molecule has 0 saturated carbocycles. The number of rotatable bonds is 7. The van der Waals surface area contributed by atoms with Crippen molar-refractivity contribution in [1.29, 1.82) is 0 Å². The normalized spacial score (nSPS) is 11.7.